The second-order valence-corrected chi connectivity index (χ2v) is 12.3. The molecule has 0 spiro atoms. The van der Waals surface area contributed by atoms with Gasteiger partial charge in [0, 0.05) is 37.8 Å². The molecule has 4 rings (SSSR count). The number of likely N-dealkylation sites (N-methyl/N-ethyl adjacent to an activating group) is 1. The number of Topliss-reactive ketones (excluding diaryl/α,β-unsaturated/α-hetero) is 1. The minimum atomic E-state index is -0.729. The van der Waals surface area contributed by atoms with Crippen LogP contribution in [0.3, 0.4) is 0 Å². The molecule has 1 aliphatic carbocycles. The van der Waals surface area contributed by atoms with Crippen LogP contribution in [0.2, 0.25) is 0 Å². The molecule has 1 aromatic carbocycles. The van der Waals surface area contributed by atoms with Gasteiger partial charge in [-0.3, -0.25) is 14.5 Å². The zero-order chi connectivity index (χ0) is 29.2. The predicted molar refractivity (Wildman–Crippen MR) is 150 cm³/mol. The smallest absolute Gasteiger partial charge is 0.411 e. The molecule has 4 atom stereocenters. The number of aromatic nitrogens is 1. The molecular weight excluding hydrogens is 511 g/mol. The van der Waals surface area contributed by atoms with Crippen molar-refractivity contribution >= 4 is 11.9 Å². The molecule has 2 heterocycles. The number of hydrogen-bond acceptors (Lipinski definition) is 6. The molecule has 0 radical (unpaired) electrons. The monoisotopic (exact) mass is 550 g/mol. The molecule has 9 heteroatoms. The Morgan fingerprint density at radius 3 is 2.52 bits per heavy atom. The topological polar surface area (TPSA) is 95.6 Å². The van der Waals surface area contributed by atoms with Gasteiger partial charge in [-0.05, 0) is 95.3 Å². The first-order chi connectivity index (χ1) is 18.9. The molecular formula is C31H39FN4O4. The SMILES string of the molecule is CN(C)CCn1ccc(-c2ccc(C[C@@H](C#N)CC(=O)[C@@H]3[C@H]4CC[C@H](C4)N3C(=O)OC(C)(C)C)c(F)c2)cc1=O. The second kappa shape index (κ2) is 11.9. The number of piperidine rings is 1. The minimum absolute atomic E-state index is 0.0191. The Morgan fingerprint density at radius 1 is 1.18 bits per heavy atom. The van der Waals surface area contributed by atoms with Crippen molar-refractivity contribution in [3.05, 3.63) is 58.3 Å². The molecule has 1 aliphatic heterocycles. The van der Waals surface area contributed by atoms with E-state index in [-0.39, 0.29) is 36.1 Å². The van der Waals surface area contributed by atoms with Gasteiger partial charge in [0.05, 0.1) is 18.0 Å². The zero-order valence-corrected chi connectivity index (χ0v) is 24.0. The molecule has 0 unspecified atom stereocenters. The Labute approximate surface area is 235 Å². The van der Waals surface area contributed by atoms with Crippen LogP contribution in [0.4, 0.5) is 9.18 Å². The van der Waals surface area contributed by atoms with E-state index in [9.17, 15) is 19.6 Å². The summed E-state index contributed by atoms with van der Waals surface area (Å²) in [5, 5.41) is 9.83. The highest BCUT2D eigenvalue weighted by molar-refractivity contribution is 5.89. The van der Waals surface area contributed by atoms with Gasteiger partial charge in [0.25, 0.3) is 5.56 Å². The number of rotatable bonds is 9. The van der Waals surface area contributed by atoms with Crippen LogP contribution in [0.1, 0.15) is 52.0 Å². The van der Waals surface area contributed by atoms with Gasteiger partial charge < -0.3 is 14.2 Å². The molecule has 1 saturated heterocycles. The number of pyridine rings is 1. The number of ketones is 1. The number of hydrogen-bond donors (Lipinski definition) is 0. The van der Waals surface area contributed by atoms with Crippen molar-refractivity contribution in [1.29, 1.82) is 5.26 Å². The maximum Gasteiger partial charge on any atom is 0.411 e. The molecule has 2 fully saturated rings. The summed E-state index contributed by atoms with van der Waals surface area (Å²) >= 11 is 0. The number of carbonyl (C=O) groups excluding carboxylic acids is 2. The Hall–Kier alpha value is -3.51. The summed E-state index contributed by atoms with van der Waals surface area (Å²) in [5.74, 6) is -1.32. The lowest BCUT2D eigenvalue weighted by atomic mass is 9.87. The number of nitriles is 1. The van der Waals surface area contributed by atoms with Crippen molar-refractivity contribution in [3.63, 3.8) is 0 Å². The van der Waals surface area contributed by atoms with Crippen molar-refractivity contribution in [2.45, 2.75) is 77.1 Å². The molecule has 214 valence electrons. The van der Waals surface area contributed by atoms with Crippen molar-refractivity contribution in [1.82, 2.24) is 14.4 Å². The quantitative estimate of drug-likeness (QED) is 0.451. The number of ether oxygens (including phenoxy) is 1. The van der Waals surface area contributed by atoms with Gasteiger partial charge >= 0.3 is 6.09 Å². The molecule has 40 heavy (non-hydrogen) atoms. The third kappa shape index (κ3) is 6.79. The lowest BCUT2D eigenvalue weighted by molar-refractivity contribution is -0.126. The number of nitrogens with zero attached hydrogens (tertiary/aromatic N) is 4. The van der Waals surface area contributed by atoms with E-state index < -0.39 is 29.5 Å². The molecule has 2 aromatic rings. The Kier molecular flexibility index (Phi) is 8.79. The second-order valence-electron chi connectivity index (χ2n) is 12.3. The lowest BCUT2D eigenvalue weighted by Crippen LogP contribution is -2.51. The first kappa shape index (κ1) is 29.5. The van der Waals surface area contributed by atoms with Gasteiger partial charge in [-0.1, -0.05) is 12.1 Å². The maximum absolute atomic E-state index is 15.2. The van der Waals surface area contributed by atoms with E-state index in [4.69, 9.17) is 4.74 Å². The summed E-state index contributed by atoms with van der Waals surface area (Å²) in [6.45, 7) is 6.67. The van der Waals surface area contributed by atoms with Crippen LogP contribution in [-0.2, 0) is 22.5 Å². The average molecular weight is 551 g/mol. The summed E-state index contributed by atoms with van der Waals surface area (Å²) in [5.41, 5.74) is 0.681. The summed E-state index contributed by atoms with van der Waals surface area (Å²) in [4.78, 5) is 42.4. The van der Waals surface area contributed by atoms with Crippen molar-refractivity contribution in [2.24, 2.45) is 11.8 Å². The van der Waals surface area contributed by atoms with Gasteiger partial charge in [0.1, 0.15) is 11.4 Å². The Bertz CT molecular complexity index is 1360. The van der Waals surface area contributed by atoms with E-state index in [1.807, 2.05) is 19.0 Å². The van der Waals surface area contributed by atoms with E-state index in [1.165, 1.54) is 12.1 Å². The van der Waals surface area contributed by atoms with Crippen LogP contribution < -0.4 is 5.56 Å². The largest absolute Gasteiger partial charge is 0.444 e. The molecule has 8 nitrogen and oxygen atoms in total. The first-order valence-corrected chi connectivity index (χ1v) is 13.9. The Morgan fingerprint density at radius 2 is 1.90 bits per heavy atom. The van der Waals surface area contributed by atoms with Gasteiger partial charge in [-0.15, -0.1) is 0 Å². The van der Waals surface area contributed by atoms with Crippen LogP contribution in [0.25, 0.3) is 11.1 Å². The van der Waals surface area contributed by atoms with Crippen molar-refractivity contribution in [2.75, 3.05) is 20.6 Å². The summed E-state index contributed by atoms with van der Waals surface area (Å²) in [7, 11) is 3.88. The zero-order valence-electron chi connectivity index (χ0n) is 24.0. The Balaban J connectivity index is 1.44. The van der Waals surface area contributed by atoms with Crippen LogP contribution in [0, 0.1) is 29.0 Å². The molecule has 1 aromatic heterocycles. The number of likely N-dealkylation sites (tertiary alicyclic amines) is 1. The standard InChI is InChI=1S/C31H39FN4O4/c1-31(2,3)40-30(39)36-25-9-8-24(16-25)29(36)27(37)15-20(19-33)14-23-7-6-21(17-26(23)32)22-10-11-35(28(38)18-22)13-12-34(4)5/h6-7,10-11,17-18,20,24-25,29H,8-9,12-16H2,1-5H3/t20-,24+,25-,29+/m1/s1. The third-order valence-electron chi connectivity index (χ3n) is 7.79. The van der Waals surface area contributed by atoms with E-state index in [1.54, 1.807) is 54.6 Å². The van der Waals surface area contributed by atoms with E-state index in [0.717, 1.165) is 25.8 Å². The molecule has 1 amide bonds. The number of halogens is 1. The van der Waals surface area contributed by atoms with E-state index in [2.05, 4.69) is 6.07 Å². The maximum atomic E-state index is 15.2. The molecule has 1 saturated carbocycles. The third-order valence-corrected chi connectivity index (χ3v) is 7.79. The summed E-state index contributed by atoms with van der Waals surface area (Å²) in [6.07, 6.45) is 3.72. The fourth-order valence-electron chi connectivity index (χ4n) is 5.85. The number of amides is 1. The number of fused-ring (bicyclic) bond motifs is 2. The normalized spacial score (nSPS) is 20.9. The molecule has 0 N–H and O–H groups in total. The first-order valence-electron chi connectivity index (χ1n) is 13.9. The van der Waals surface area contributed by atoms with Gasteiger partial charge in [-0.25, -0.2) is 9.18 Å². The van der Waals surface area contributed by atoms with Crippen LogP contribution in [0.15, 0.2) is 41.3 Å². The van der Waals surface area contributed by atoms with Crippen molar-refractivity contribution in [3.8, 4) is 17.2 Å². The fraction of sp³-hybridized carbons (Fsp3) is 0.548. The van der Waals surface area contributed by atoms with Crippen LogP contribution in [0.5, 0.6) is 0 Å². The number of carbonyl (C=O) groups is 2. The summed E-state index contributed by atoms with van der Waals surface area (Å²) < 4.78 is 22.3. The molecule has 2 bridgehead atoms. The van der Waals surface area contributed by atoms with Gasteiger partial charge in [-0.2, -0.15) is 5.26 Å². The highest BCUT2D eigenvalue weighted by atomic mass is 19.1. The minimum Gasteiger partial charge on any atom is -0.444 e. The van der Waals surface area contributed by atoms with Crippen LogP contribution in [-0.4, -0.2) is 64.6 Å². The lowest BCUT2D eigenvalue weighted by Gasteiger charge is -2.35. The van der Waals surface area contributed by atoms with E-state index >= 15 is 4.39 Å². The van der Waals surface area contributed by atoms with Gasteiger partial charge in [0.2, 0.25) is 0 Å². The van der Waals surface area contributed by atoms with Crippen molar-refractivity contribution < 1.29 is 18.7 Å². The van der Waals surface area contributed by atoms with Gasteiger partial charge in [0.15, 0.2) is 5.78 Å². The number of benzene rings is 1. The molecule has 2 aliphatic rings. The fourth-order valence-corrected chi connectivity index (χ4v) is 5.85. The highest BCUT2D eigenvalue weighted by Gasteiger charge is 2.52. The highest BCUT2D eigenvalue weighted by Crippen LogP contribution is 2.44. The summed E-state index contributed by atoms with van der Waals surface area (Å²) in [6, 6.07) is 9.54. The predicted octanol–water partition coefficient (Wildman–Crippen LogP) is 4.65. The average Bonchev–Trinajstić information content (AvgIpc) is 3.49. The van der Waals surface area contributed by atoms with Crippen LogP contribution >= 0.6 is 0 Å². The van der Waals surface area contributed by atoms with E-state index in [0.29, 0.717) is 23.2 Å².